The van der Waals surface area contributed by atoms with Crippen LogP contribution in [-0.4, -0.2) is 59.9 Å². The molecule has 1 amide bonds. The molecule has 0 radical (unpaired) electrons. The third-order valence-electron chi connectivity index (χ3n) is 4.72. The summed E-state index contributed by atoms with van der Waals surface area (Å²) >= 11 is 0. The van der Waals surface area contributed by atoms with Crippen LogP contribution in [0.1, 0.15) is 10.5 Å². The molecule has 4 rings (SSSR count). The van der Waals surface area contributed by atoms with E-state index >= 15 is 0 Å². The van der Waals surface area contributed by atoms with Crippen LogP contribution in [0.15, 0.2) is 47.4 Å². The molecule has 0 spiro atoms. The van der Waals surface area contributed by atoms with Gasteiger partial charge in [-0.2, -0.15) is 9.40 Å². The Morgan fingerprint density at radius 3 is 2.29 bits per heavy atom. The molecule has 1 aliphatic heterocycles. The molecule has 0 saturated carbocycles. The van der Waals surface area contributed by atoms with Crippen molar-refractivity contribution in [2.75, 3.05) is 26.2 Å². The number of hydrogen-bond donors (Lipinski definition) is 1. The van der Waals surface area contributed by atoms with Gasteiger partial charge in [-0.25, -0.2) is 17.2 Å². The maximum Gasteiger partial charge on any atom is 0.275 e. The predicted molar refractivity (Wildman–Crippen MR) is 97.1 cm³/mol. The Bertz CT molecular complexity index is 1130. The van der Waals surface area contributed by atoms with Crippen LogP contribution in [-0.2, 0) is 10.0 Å². The van der Waals surface area contributed by atoms with Gasteiger partial charge >= 0.3 is 0 Å². The number of benzene rings is 2. The van der Waals surface area contributed by atoms with E-state index in [0.717, 1.165) is 28.0 Å². The van der Waals surface area contributed by atoms with E-state index < -0.39 is 26.6 Å². The first kappa shape index (κ1) is 18.5. The van der Waals surface area contributed by atoms with E-state index in [0.29, 0.717) is 5.39 Å². The predicted octanol–water partition coefficient (Wildman–Crippen LogP) is 1.99. The lowest BCUT2D eigenvalue weighted by atomic mass is 10.2. The smallest absolute Gasteiger partial charge is 0.275 e. The number of rotatable bonds is 3. The first-order valence-electron chi connectivity index (χ1n) is 8.56. The molecule has 0 aliphatic carbocycles. The molecule has 1 N–H and O–H groups in total. The molecule has 28 heavy (non-hydrogen) atoms. The zero-order valence-corrected chi connectivity index (χ0v) is 15.4. The van der Waals surface area contributed by atoms with Gasteiger partial charge in [-0.15, -0.1) is 0 Å². The largest absolute Gasteiger partial charge is 0.335 e. The van der Waals surface area contributed by atoms with E-state index in [-0.39, 0.29) is 37.8 Å². The Hall–Kier alpha value is -2.85. The summed E-state index contributed by atoms with van der Waals surface area (Å²) in [6.45, 7) is 0.0546. The van der Waals surface area contributed by atoms with E-state index in [9.17, 15) is 22.0 Å². The van der Waals surface area contributed by atoms with Crippen molar-refractivity contribution in [2.24, 2.45) is 0 Å². The van der Waals surface area contributed by atoms with Crippen LogP contribution in [0.2, 0.25) is 0 Å². The zero-order valence-electron chi connectivity index (χ0n) is 14.6. The van der Waals surface area contributed by atoms with Gasteiger partial charge in [0.05, 0.1) is 5.52 Å². The summed E-state index contributed by atoms with van der Waals surface area (Å²) < 4.78 is 54.1. The number of carbonyl (C=O) groups is 1. The van der Waals surface area contributed by atoms with Crippen LogP contribution >= 0.6 is 0 Å². The van der Waals surface area contributed by atoms with Gasteiger partial charge < -0.3 is 4.90 Å². The van der Waals surface area contributed by atoms with Gasteiger partial charge in [-0.05, 0) is 18.2 Å². The summed E-state index contributed by atoms with van der Waals surface area (Å²) in [5.74, 6) is -2.60. The molecule has 146 valence electrons. The van der Waals surface area contributed by atoms with E-state index in [1.807, 2.05) is 6.07 Å². The van der Waals surface area contributed by atoms with Gasteiger partial charge in [0.15, 0.2) is 10.6 Å². The van der Waals surface area contributed by atoms with Gasteiger partial charge in [-0.1, -0.05) is 24.3 Å². The molecule has 2 heterocycles. The number of amides is 1. The topological polar surface area (TPSA) is 86.4 Å². The monoisotopic (exact) mass is 406 g/mol. The van der Waals surface area contributed by atoms with Crippen LogP contribution in [0.5, 0.6) is 0 Å². The van der Waals surface area contributed by atoms with Crippen molar-refractivity contribution >= 4 is 26.8 Å². The first-order chi connectivity index (χ1) is 13.4. The van der Waals surface area contributed by atoms with Gasteiger partial charge in [-0.3, -0.25) is 9.89 Å². The summed E-state index contributed by atoms with van der Waals surface area (Å²) in [5.41, 5.74) is 0.981. The SMILES string of the molecule is O=C(c1n[nH]c2ccccc12)N1CCN(S(=O)(=O)c2c(F)cccc2F)CC1. The quantitative estimate of drug-likeness (QED) is 0.721. The highest BCUT2D eigenvalue weighted by Gasteiger charge is 2.34. The van der Waals surface area contributed by atoms with E-state index in [4.69, 9.17) is 0 Å². The van der Waals surface area contributed by atoms with E-state index in [2.05, 4.69) is 10.2 Å². The first-order valence-corrected chi connectivity index (χ1v) is 10.00. The van der Waals surface area contributed by atoms with Crippen molar-refractivity contribution in [2.45, 2.75) is 4.90 Å². The molecule has 10 heteroatoms. The van der Waals surface area contributed by atoms with Crippen LogP contribution in [0.3, 0.4) is 0 Å². The summed E-state index contributed by atoms with van der Waals surface area (Å²) in [7, 11) is -4.34. The molecular formula is C18H16F2N4O3S. The normalized spacial score (nSPS) is 15.9. The number of aromatic amines is 1. The van der Waals surface area contributed by atoms with Crippen LogP contribution in [0, 0.1) is 11.6 Å². The van der Waals surface area contributed by atoms with Crippen molar-refractivity contribution in [3.8, 4) is 0 Å². The lowest BCUT2D eigenvalue weighted by Gasteiger charge is -2.33. The summed E-state index contributed by atoms with van der Waals surface area (Å²) in [6, 6.07) is 10.1. The van der Waals surface area contributed by atoms with E-state index in [1.165, 1.54) is 4.90 Å². The van der Waals surface area contributed by atoms with Gasteiger partial charge in [0, 0.05) is 31.6 Å². The molecule has 2 aromatic carbocycles. The minimum absolute atomic E-state index is 0.0653. The lowest BCUT2D eigenvalue weighted by molar-refractivity contribution is 0.0693. The van der Waals surface area contributed by atoms with Crippen molar-refractivity contribution < 1.29 is 22.0 Å². The lowest BCUT2D eigenvalue weighted by Crippen LogP contribution is -2.50. The second-order valence-electron chi connectivity index (χ2n) is 6.36. The number of nitrogens with one attached hydrogen (secondary N) is 1. The molecule has 0 unspecified atom stereocenters. The van der Waals surface area contributed by atoms with Crippen LogP contribution in [0.4, 0.5) is 8.78 Å². The van der Waals surface area contributed by atoms with Crippen molar-refractivity contribution in [3.05, 3.63) is 59.8 Å². The zero-order chi connectivity index (χ0) is 19.9. The number of hydrogen-bond acceptors (Lipinski definition) is 4. The molecule has 1 aliphatic rings. The highest BCUT2D eigenvalue weighted by molar-refractivity contribution is 7.89. The molecule has 1 fully saturated rings. The number of nitrogens with zero attached hydrogens (tertiary/aromatic N) is 3. The standard InChI is InChI=1S/C18H16F2N4O3S/c19-13-5-3-6-14(20)17(13)28(26,27)24-10-8-23(9-11-24)18(25)16-12-4-1-2-7-15(12)21-22-16/h1-7H,8-11H2,(H,21,22). The minimum Gasteiger partial charge on any atom is -0.335 e. The number of halogens is 2. The molecule has 1 saturated heterocycles. The molecule has 1 aromatic heterocycles. The maximum atomic E-state index is 13.9. The Morgan fingerprint density at radius 1 is 0.964 bits per heavy atom. The second-order valence-corrected chi connectivity index (χ2v) is 8.24. The minimum atomic E-state index is -4.34. The fraction of sp³-hybridized carbons (Fsp3) is 0.222. The highest BCUT2D eigenvalue weighted by Crippen LogP contribution is 2.24. The number of para-hydroxylation sites is 1. The highest BCUT2D eigenvalue weighted by atomic mass is 32.2. The Labute approximate surface area is 159 Å². The van der Waals surface area contributed by atoms with Gasteiger partial charge in [0.25, 0.3) is 5.91 Å². The van der Waals surface area contributed by atoms with Crippen LogP contribution in [0.25, 0.3) is 10.9 Å². The molecule has 0 bridgehead atoms. The fourth-order valence-electron chi connectivity index (χ4n) is 3.27. The number of H-pyrrole nitrogens is 1. The molecule has 0 atom stereocenters. The average Bonchev–Trinajstić information content (AvgIpc) is 3.11. The Kier molecular flexibility index (Phi) is 4.60. The van der Waals surface area contributed by atoms with Crippen molar-refractivity contribution in [1.82, 2.24) is 19.4 Å². The van der Waals surface area contributed by atoms with E-state index in [1.54, 1.807) is 18.2 Å². The van der Waals surface area contributed by atoms with Gasteiger partial charge in [0.1, 0.15) is 11.6 Å². The number of aromatic nitrogens is 2. The second kappa shape index (κ2) is 6.95. The molecule has 7 nitrogen and oxygen atoms in total. The number of fused-ring (bicyclic) bond motifs is 1. The summed E-state index contributed by atoms with van der Waals surface area (Å²) in [4.78, 5) is 13.3. The van der Waals surface area contributed by atoms with Crippen molar-refractivity contribution in [1.29, 1.82) is 0 Å². The van der Waals surface area contributed by atoms with Gasteiger partial charge in [0.2, 0.25) is 10.0 Å². The number of piperazine rings is 1. The number of sulfonamides is 1. The third kappa shape index (κ3) is 3.04. The van der Waals surface area contributed by atoms with Crippen LogP contribution < -0.4 is 0 Å². The summed E-state index contributed by atoms with van der Waals surface area (Å²) in [5, 5.41) is 7.53. The molecule has 3 aromatic rings. The summed E-state index contributed by atoms with van der Waals surface area (Å²) in [6.07, 6.45) is 0. The fourth-order valence-corrected chi connectivity index (χ4v) is 4.80. The molecular weight excluding hydrogens is 390 g/mol. The maximum absolute atomic E-state index is 13.9. The Balaban J connectivity index is 1.52. The third-order valence-corrected chi connectivity index (χ3v) is 6.67. The van der Waals surface area contributed by atoms with Crippen molar-refractivity contribution in [3.63, 3.8) is 0 Å². The Morgan fingerprint density at radius 2 is 1.61 bits per heavy atom. The average molecular weight is 406 g/mol. The number of carbonyl (C=O) groups excluding carboxylic acids is 1.